The van der Waals surface area contributed by atoms with Crippen LogP contribution < -0.4 is 5.32 Å². The van der Waals surface area contributed by atoms with Crippen molar-refractivity contribution in [1.29, 1.82) is 0 Å². The van der Waals surface area contributed by atoms with Crippen LogP contribution in [0.2, 0.25) is 0 Å². The molecule has 2 heterocycles. The molecule has 2 aliphatic heterocycles. The van der Waals surface area contributed by atoms with Crippen LogP contribution in [0.4, 0.5) is 0 Å². The third-order valence-electron chi connectivity index (χ3n) is 3.69. The number of nitrogens with one attached hydrogen (secondary N) is 1. The maximum Gasteiger partial charge on any atom is 0.414 e. The topological polar surface area (TPSA) is 86.6 Å². The lowest BCUT2D eigenvalue weighted by Crippen LogP contribution is -2.52. The maximum atomic E-state index is 9.10. The second kappa shape index (κ2) is 5.10. The van der Waals surface area contributed by atoms with Gasteiger partial charge in [-0.2, -0.15) is 0 Å². The zero-order valence-corrected chi connectivity index (χ0v) is 11.1. The van der Waals surface area contributed by atoms with Gasteiger partial charge in [-0.05, 0) is 24.7 Å². The van der Waals surface area contributed by atoms with Crippen molar-refractivity contribution in [3.63, 3.8) is 0 Å². The minimum Gasteiger partial charge on any atom is -0.473 e. The molecular formula is C13H21NO4. The Hall–Kier alpha value is -1.36. The molecule has 0 aromatic rings. The molecule has 0 spiro atoms. The van der Waals surface area contributed by atoms with E-state index in [4.69, 9.17) is 19.8 Å². The van der Waals surface area contributed by atoms with Gasteiger partial charge in [0, 0.05) is 11.6 Å². The summed E-state index contributed by atoms with van der Waals surface area (Å²) in [7, 11) is 0. The van der Waals surface area contributed by atoms with Crippen LogP contribution in [0.25, 0.3) is 0 Å². The van der Waals surface area contributed by atoms with Gasteiger partial charge in [0.2, 0.25) is 0 Å². The summed E-state index contributed by atoms with van der Waals surface area (Å²) in [5, 5.41) is 18.5. The number of carboxylic acid groups (broad SMARTS) is 2. The molecule has 0 aromatic carbocycles. The number of rotatable bonds is 0. The largest absolute Gasteiger partial charge is 0.473 e. The molecule has 5 nitrogen and oxygen atoms in total. The molecule has 0 radical (unpaired) electrons. The number of fused-ring (bicyclic) bond motifs is 2. The number of hydrogen-bond acceptors (Lipinski definition) is 3. The molecule has 0 amide bonds. The molecule has 2 rings (SSSR count). The minimum atomic E-state index is -1.82. The lowest BCUT2D eigenvalue weighted by atomic mass is 9.72. The van der Waals surface area contributed by atoms with E-state index in [2.05, 4.69) is 38.2 Å². The fourth-order valence-corrected chi connectivity index (χ4v) is 2.49. The van der Waals surface area contributed by atoms with Gasteiger partial charge < -0.3 is 15.5 Å². The molecule has 3 N–H and O–H groups in total. The standard InChI is InChI=1S/C11H19N.C2H2O4/c1-10(2,3)11-7-4-5-9(12-11)6-8-11;3-1(4)2(5)6/h4,7,9,12H,5-6,8H2,1-3H3;(H,3,4)(H,5,6). The van der Waals surface area contributed by atoms with E-state index in [1.807, 2.05) is 0 Å². The summed E-state index contributed by atoms with van der Waals surface area (Å²) < 4.78 is 0. The normalized spacial score (nSPS) is 29.4. The summed E-state index contributed by atoms with van der Waals surface area (Å²) in [4.78, 5) is 18.2. The van der Waals surface area contributed by atoms with Crippen molar-refractivity contribution in [2.24, 2.45) is 5.41 Å². The first-order chi connectivity index (χ1) is 8.18. The van der Waals surface area contributed by atoms with Gasteiger partial charge in [0.1, 0.15) is 0 Å². The van der Waals surface area contributed by atoms with E-state index in [-0.39, 0.29) is 0 Å². The van der Waals surface area contributed by atoms with Crippen molar-refractivity contribution in [3.05, 3.63) is 12.2 Å². The lowest BCUT2D eigenvalue weighted by molar-refractivity contribution is -0.159. The van der Waals surface area contributed by atoms with Crippen molar-refractivity contribution in [1.82, 2.24) is 5.32 Å². The Morgan fingerprint density at radius 2 is 1.83 bits per heavy atom. The average Bonchev–Trinajstić information content (AvgIpc) is 2.55. The van der Waals surface area contributed by atoms with Crippen LogP contribution in [0.5, 0.6) is 0 Å². The molecule has 102 valence electrons. The van der Waals surface area contributed by atoms with Crippen LogP contribution in [0.15, 0.2) is 12.2 Å². The lowest BCUT2D eigenvalue weighted by Gasteiger charge is -2.42. The van der Waals surface area contributed by atoms with E-state index in [1.165, 1.54) is 19.3 Å². The van der Waals surface area contributed by atoms with Crippen LogP contribution in [-0.2, 0) is 9.59 Å². The zero-order chi connectivity index (χ0) is 14.0. The SMILES string of the molecule is CC(C)(C)C12C=CCC(CC1)N2.O=C(O)C(=O)O. The predicted molar refractivity (Wildman–Crippen MR) is 67.4 cm³/mol. The Balaban J connectivity index is 0.000000232. The summed E-state index contributed by atoms with van der Waals surface area (Å²) in [5.74, 6) is -3.65. The molecular weight excluding hydrogens is 234 g/mol. The molecule has 0 aliphatic carbocycles. The monoisotopic (exact) mass is 255 g/mol. The summed E-state index contributed by atoms with van der Waals surface area (Å²) in [5.41, 5.74) is 0.661. The van der Waals surface area contributed by atoms with Crippen molar-refractivity contribution >= 4 is 11.9 Å². The molecule has 1 fully saturated rings. The summed E-state index contributed by atoms with van der Waals surface area (Å²) in [6, 6.07) is 0.759. The van der Waals surface area contributed by atoms with Crippen LogP contribution in [0, 0.1) is 5.41 Å². The molecule has 2 aliphatic rings. The first-order valence-electron chi connectivity index (χ1n) is 6.09. The molecule has 2 bridgehead atoms. The quantitative estimate of drug-likeness (QED) is 0.452. The number of hydrogen-bond donors (Lipinski definition) is 3. The average molecular weight is 255 g/mol. The summed E-state index contributed by atoms with van der Waals surface area (Å²) in [6.45, 7) is 6.99. The number of carbonyl (C=O) groups is 2. The van der Waals surface area contributed by atoms with E-state index in [9.17, 15) is 0 Å². The van der Waals surface area contributed by atoms with Crippen LogP contribution >= 0.6 is 0 Å². The summed E-state index contributed by atoms with van der Waals surface area (Å²) in [6.07, 6.45) is 8.66. The Kier molecular flexibility index (Phi) is 4.16. The number of aliphatic carboxylic acids is 2. The fraction of sp³-hybridized carbons (Fsp3) is 0.692. The maximum absolute atomic E-state index is 9.10. The molecule has 0 saturated carbocycles. The van der Waals surface area contributed by atoms with Crippen molar-refractivity contribution in [2.75, 3.05) is 0 Å². The summed E-state index contributed by atoms with van der Waals surface area (Å²) >= 11 is 0. The van der Waals surface area contributed by atoms with Crippen molar-refractivity contribution < 1.29 is 19.8 Å². The van der Waals surface area contributed by atoms with Crippen molar-refractivity contribution in [3.8, 4) is 0 Å². The fourth-order valence-electron chi connectivity index (χ4n) is 2.49. The zero-order valence-electron chi connectivity index (χ0n) is 11.1. The van der Waals surface area contributed by atoms with Gasteiger partial charge in [0.05, 0.1) is 0 Å². The van der Waals surface area contributed by atoms with E-state index in [1.54, 1.807) is 0 Å². The van der Waals surface area contributed by atoms with Crippen molar-refractivity contribution in [2.45, 2.75) is 51.6 Å². The highest BCUT2D eigenvalue weighted by molar-refractivity contribution is 6.27. The Morgan fingerprint density at radius 1 is 1.28 bits per heavy atom. The van der Waals surface area contributed by atoms with Gasteiger partial charge in [-0.3, -0.25) is 0 Å². The van der Waals surface area contributed by atoms with Gasteiger partial charge in [-0.15, -0.1) is 0 Å². The minimum absolute atomic E-state index is 0.302. The van der Waals surface area contributed by atoms with E-state index >= 15 is 0 Å². The van der Waals surface area contributed by atoms with Gasteiger partial charge in [-0.1, -0.05) is 32.9 Å². The van der Waals surface area contributed by atoms with Gasteiger partial charge >= 0.3 is 11.9 Å². The molecule has 2 unspecified atom stereocenters. The second-order valence-electron chi connectivity index (χ2n) is 5.85. The van der Waals surface area contributed by atoms with E-state index < -0.39 is 11.9 Å². The van der Waals surface area contributed by atoms with Crippen LogP contribution in [0.3, 0.4) is 0 Å². The molecule has 1 saturated heterocycles. The van der Waals surface area contributed by atoms with Crippen LogP contribution in [-0.4, -0.2) is 33.7 Å². The molecule has 18 heavy (non-hydrogen) atoms. The predicted octanol–water partition coefficient (Wildman–Crippen LogP) is 1.64. The smallest absolute Gasteiger partial charge is 0.414 e. The highest BCUT2D eigenvalue weighted by Crippen LogP contribution is 2.43. The molecule has 0 aromatic heterocycles. The third-order valence-corrected chi connectivity index (χ3v) is 3.69. The van der Waals surface area contributed by atoms with E-state index in [0.717, 1.165) is 6.04 Å². The third kappa shape index (κ3) is 3.10. The highest BCUT2D eigenvalue weighted by Gasteiger charge is 2.46. The first kappa shape index (κ1) is 14.7. The first-order valence-corrected chi connectivity index (χ1v) is 6.09. The molecule has 2 atom stereocenters. The Morgan fingerprint density at radius 3 is 2.22 bits per heavy atom. The molecule has 5 heteroatoms. The number of carboxylic acids is 2. The Labute approximate surface area is 107 Å². The van der Waals surface area contributed by atoms with Gasteiger partial charge in [0.15, 0.2) is 0 Å². The van der Waals surface area contributed by atoms with Gasteiger partial charge in [-0.25, -0.2) is 9.59 Å². The second-order valence-corrected chi connectivity index (χ2v) is 5.85. The van der Waals surface area contributed by atoms with Crippen LogP contribution in [0.1, 0.15) is 40.0 Å². The van der Waals surface area contributed by atoms with Gasteiger partial charge in [0.25, 0.3) is 0 Å². The Bertz CT molecular complexity index is 358. The highest BCUT2D eigenvalue weighted by atomic mass is 16.4. The van der Waals surface area contributed by atoms with E-state index in [0.29, 0.717) is 11.0 Å².